The normalized spacial score (nSPS) is 11.4. The minimum atomic E-state index is 0.756. The molecular formula is C16H27N3O. The third-order valence-electron chi connectivity index (χ3n) is 2.91. The summed E-state index contributed by atoms with van der Waals surface area (Å²) in [6.45, 7) is 7.51. The molecule has 0 fully saturated rings. The van der Waals surface area contributed by atoms with Gasteiger partial charge in [0.05, 0.1) is 0 Å². The van der Waals surface area contributed by atoms with Crippen molar-refractivity contribution < 1.29 is 4.74 Å². The van der Waals surface area contributed by atoms with Crippen LogP contribution >= 0.6 is 0 Å². The van der Waals surface area contributed by atoms with Gasteiger partial charge in [-0.05, 0) is 32.3 Å². The van der Waals surface area contributed by atoms with E-state index >= 15 is 0 Å². The highest BCUT2D eigenvalue weighted by molar-refractivity contribution is 5.79. The molecule has 0 aliphatic heterocycles. The third-order valence-corrected chi connectivity index (χ3v) is 2.91. The average molecular weight is 277 g/mol. The van der Waals surface area contributed by atoms with Crippen LogP contribution in [-0.4, -0.2) is 39.3 Å². The number of aliphatic imine (C=N–C) groups is 1. The smallest absolute Gasteiger partial charge is 0.191 e. The number of aryl methyl sites for hydroxylation is 1. The molecule has 4 heteroatoms. The summed E-state index contributed by atoms with van der Waals surface area (Å²) in [7, 11) is 1.72. The number of methoxy groups -OCH3 is 1. The van der Waals surface area contributed by atoms with E-state index in [2.05, 4.69) is 53.7 Å². The van der Waals surface area contributed by atoms with Crippen molar-refractivity contribution in [3.05, 3.63) is 35.4 Å². The molecule has 20 heavy (non-hydrogen) atoms. The van der Waals surface area contributed by atoms with E-state index in [0.29, 0.717) is 0 Å². The summed E-state index contributed by atoms with van der Waals surface area (Å²) >= 11 is 0. The van der Waals surface area contributed by atoms with Crippen LogP contribution in [0, 0.1) is 6.92 Å². The Morgan fingerprint density at radius 1 is 1.30 bits per heavy atom. The van der Waals surface area contributed by atoms with Crippen LogP contribution in [0.5, 0.6) is 0 Å². The number of hydrogen-bond acceptors (Lipinski definition) is 2. The zero-order valence-electron chi connectivity index (χ0n) is 12.9. The van der Waals surface area contributed by atoms with Crippen LogP contribution in [0.3, 0.4) is 0 Å². The van der Waals surface area contributed by atoms with Crippen LogP contribution in [0.1, 0.15) is 24.5 Å². The largest absolute Gasteiger partial charge is 0.385 e. The van der Waals surface area contributed by atoms with Crippen molar-refractivity contribution >= 4 is 5.96 Å². The SMILES string of the molecule is CCNC(=NCCCOC)NCCc1cccc(C)c1. The van der Waals surface area contributed by atoms with Gasteiger partial charge in [-0.2, -0.15) is 0 Å². The maximum absolute atomic E-state index is 5.02. The summed E-state index contributed by atoms with van der Waals surface area (Å²) < 4.78 is 5.02. The van der Waals surface area contributed by atoms with Crippen molar-refractivity contribution in [2.45, 2.75) is 26.7 Å². The Labute approximate surface area is 122 Å². The van der Waals surface area contributed by atoms with Gasteiger partial charge < -0.3 is 15.4 Å². The molecule has 0 aromatic heterocycles. The van der Waals surface area contributed by atoms with Crippen molar-refractivity contribution in [2.24, 2.45) is 4.99 Å². The van der Waals surface area contributed by atoms with Gasteiger partial charge in [0.2, 0.25) is 0 Å². The molecule has 4 nitrogen and oxygen atoms in total. The lowest BCUT2D eigenvalue weighted by Crippen LogP contribution is -2.38. The lowest BCUT2D eigenvalue weighted by atomic mass is 10.1. The van der Waals surface area contributed by atoms with Crippen molar-refractivity contribution in [3.8, 4) is 0 Å². The third kappa shape index (κ3) is 7.14. The number of hydrogen-bond donors (Lipinski definition) is 2. The summed E-state index contributed by atoms with van der Waals surface area (Å²) in [5.41, 5.74) is 2.66. The second kappa shape index (κ2) is 10.3. The van der Waals surface area contributed by atoms with E-state index in [9.17, 15) is 0 Å². The topological polar surface area (TPSA) is 45.7 Å². The maximum atomic E-state index is 5.02. The summed E-state index contributed by atoms with van der Waals surface area (Å²) in [5.74, 6) is 0.885. The molecule has 0 unspecified atom stereocenters. The zero-order chi connectivity index (χ0) is 14.6. The van der Waals surface area contributed by atoms with Gasteiger partial charge in [-0.15, -0.1) is 0 Å². The van der Waals surface area contributed by atoms with Crippen LogP contribution in [0.2, 0.25) is 0 Å². The maximum Gasteiger partial charge on any atom is 0.191 e. The molecule has 0 spiro atoms. The number of guanidine groups is 1. The molecule has 0 heterocycles. The Balaban J connectivity index is 2.34. The molecule has 2 N–H and O–H groups in total. The predicted molar refractivity (Wildman–Crippen MR) is 85.4 cm³/mol. The Hall–Kier alpha value is -1.55. The highest BCUT2D eigenvalue weighted by Crippen LogP contribution is 2.03. The van der Waals surface area contributed by atoms with E-state index in [1.54, 1.807) is 7.11 Å². The number of nitrogens with one attached hydrogen (secondary N) is 2. The van der Waals surface area contributed by atoms with Gasteiger partial charge in [0.1, 0.15) is 0 Å². The van der Waals surface area contributed by atoms with Crippen molar-refractivity contribution in [1.82, 2.24) is 10.6 Å². The molecule has 0 radical (unpaired) electrons. The van der Waals surface area contributed by atoms with Gasteiger partial charge in [-0.25, -0.2) is 0 Å². The molecule has 1 rings (SSSR count). The van der Waals surface area contributed by atoms with Crippen molar-refractivity contribution in [1.29, 1.82) is 0 Å². The monoisotopic (exact) mass is 277 g/mol. The Kier molecular flexibility index (Phi) is 8.47. The van der Waals surface area contributed by atoms with Crippen LogP contribution in [0.15, 0.2) is 29.3 Å². The fourth-order valence-electron chi connectivity index (χ4n) is 1.93. The minimum Gasteiger partial charge on any atom is -0.385 e. The fourth-order valence-corrected chi connectivity index (χ4v) is 1.93. The molecule has 0 amide bonds. The first kappa shape index (κ1) is 16.5. The van der Waals surface area contributed by atoms with Crippen LogP contribution in [0.25, 0.3) is 0 Å². The average Bonchev–Trinajstić information content (AvgIpc) is 2.43. The van der Waals surface area contributed by atoms with Gasteiger partial charge in [-0.3, -0.25) is 4.99 Å². The van der Waals surface area contributed by atoms with Gasteiger partial charge in [0.25, 0.3) is 0 Å². The van der Waals surface area contributed by atoms with E-state index in [1.807, 2.05) is 0 Å². The first-order valence-electron chi connectivity index (χ1n) is 7.33. The fraction of sp³-hybridized carbons (Fsp3) is 0.562. The molecule has 0 atom stereocenters. The summed E-state index contributed by atoms with van der Waals surface area (Å²) in [6.07, 6.45) is 1.95. The molecule has 0 saturated carbocycles. The Morgan fingerprint density at radius 3 is 2.85 bits per heavy atom. The lowest BCUT2D eigenvalue weighted by molar-refractivity contribution is 0.197. The van der Waals surface area contributed by atoms with Gasteiger partial charge in [0.15, 0.2) is 5.96 Å². The van der Waals surface area contributed by atoms with E-state index in [4.69, 9.17) is 4.74 Å². The predicted octanol–water partition coefficient (Wildman–Crippen LogP) is 2.13. The molecule has 0 saturated heterocycles. The summed E-state index contributed by atoms with van der Waals surface area (Å²) in [6, 6.07) is 8.62. The van der Waals surface area contributed by atoms with E-state index in [0.717, 1.165) is 45.0 Å². The molecular weight excluding hydrogens is 250 g/mol. The molecule has 1 aromatic rings. The molecule has 0 aliphatic carbocycles. The summed E-state index contributed by atoms with van der Waals surface area (Å²) in [4.78, 5) is 4.51. The highest BCUT2D eigenvalue weighted by atomic mass is 16.5. The number of ether oxygens (including phenoxy) is 1. The lowest BCUT2D eigenvalue weighted by Gasteiger charge is -2.11. The van der Waals surface area contributed by atoms with Gasteiger partial charge in [-0.1, -0.05) is 29.8 Å². The van der Waals surface area contributed by atoms with E-state index in [-0.39, 0.29) is 0 Å². The Morgan fingerprint density at radius 2 is 2.15 bits per heavy atom. The molecule has 0 aliphatic rings. The second-order valence-corrected chi connectivity index (χ2v) is 4.77. The first-order chi connectivity index (χ1) is 9.76. The van der Waals surface area contributed by atoms with Crippen LogP contribution < -0.4 is 10.6 Å². The van der Waals surface area contributed by atoms with Crippen molar-refractivity contribution in [2.75, 3.05) is 33.4 Å². The minimum absolute atomic E-state index is 0.756. The van der Waals surface area contributed by atoms with Crippen molar-refractivity contribution in [3.63, 3.8) is 0 Å². The highest BCUT2D eigenvalue weighted by Gasteiger charge is 1.98. The number of nitrogens with zero attached hydrogens (tertiary/aromatic N) is 1. The number of rotatable bonds is 8. The first-order valence-corrected chi connectivity index (χ1v) is 7.33. The van der Waals surface area contributed by atoms with E-state index in [1.165, 1.54) is 11.1 Å². The quantitative estimate of drug-likeness (QED) is 0.435. The van der Waals surface area contributed by atoms with E-state index < -0.39 is 0 Å². The zero-order valence-corrected chi connectivity index (χ0v) is 12.9. The van der Waals surface area contributed by atoms with Crippen LogP contribution in [0.4, 0.5) is 0 Å². The van der Waals surface area contributed by atoms with Crippen LogP contribution in [-0.2, 0) is 11.2 Å². The molecule has 112 valence electrons. The molecule has 0 bridgehead atoms. The Bertz CT molecular complexity index is 404. The molecule has 1 aromatic carbocycles. The standard InChI is InChI=1S/C16H27N3O/c1-4-17-16(18-10-6-12-20-3)19-11-9-15-8-5-7-14(2)13-15/h5,7-8,13H,4,6,9-12H2,1-3H3,(H2,17,18,19). The van der Waals surface area contributed by atoms with Gasteiger partial charge in [0, 0.05) is 33.4 Å². The van der Waals surface area contributed by atoms with Gasteiger partial charge >= 0.3 is 0 Å². The second-order valence-electron chi connectivity index (χ2n) is 4.77. The summed E-state index contributed by atoms with van der Waals surface area (Å²) in [5, 5.41) is 6.62. The number of benzene rings is 1.